The van der Waals surface area contributed by atoms with Crippen LogP contribution in [0.2, 0.25) is 10.0 Å². The van der Waals surface area contributed by atoms with Gasteiger partial charge in [-0.2, -0.15) is 18.5 Å². The van der Waals surface area contributed by atoms with Gasteiger partial charge in [-0.25, -0.2) is 4.79 Å². The lowest BCUT2D eigenvalue weighted by Gasteiger charge is -2.18. The SMILES string of the molecule is CC1=[N+](C(=O)c2ccc(Cl)c(Cl)c2)Cc2c(nn3c2C(F)(F)CC[C@@H](O)C3)C1. The Labute approximate surface area is 170 Å². The van der Waals surface area contributed by atoms with E-state index in [1.54, 1.807) is 13.0 Å². The third-order valence-corrected chi connectivity index (χ3v) is 6.01. The molecule has 2 aliphatic heterocycles. The number of halogens is 4. The highest BCUT2D eigenvalue weighted by Crippen LogP contribution is 2.40. The van der Waals surface area contributed by atoms with Gasteiger partial charge in [-0.15, -0.1) is 0 Å². The van der Waals surface area contributed by atoms with Crippen LogP contribution in [0.1, 0.15) is 47.1 Å². The standard InChI is InChI=1S/C19H18Cl2F2N3O2/c1-10-6-16-13(17-19(22,23)5-4-12(27)8-26(17)24-16)9-25(10)18(28)11-2-3-14(20)15(21)7-11/h2-3,7,12,27H,4-6,8-9H2,1H3/q+1/t12-/m1/s1. The first-order chi connectivity index (χ1) is 13.2. The molecule has 0 saturated heterocycles. The molecule has 1 amide bonds. The van der Waals surface area contributed by atoms with Crippen LogP contribution in [-0.4, -0.2) is 37.2 Å². The zero-order valence-corrected chi connectivity index (χ0v) is 16.6. The minimum absolute atomic E-state index is 0.00125. The van der Waals surface area contributed by atoms with Crippen LogP contribution in [0.15, 0.2) is 18.2 Å². The summed E-state index contributed by atoms with van der Waals surface area (Å²) in [7, 11) is 0. The maximum Gasteiger partial charge on any atom is 0.419 e. The number of amides is 1. The van der Waals surface area contributed by atoms with E-state index in [4.69, 9.17) is 23.2 Å². The van der Waals surface area contributed by atoms with Crippen LogP contribution in [-0.2, 0) is 25.4 Å². The normalized spacial score (nSPS) is 21.1. The van der Waals surface area contributed by atoms with E-state index in [1.807, 2.05) is 0 Å². The Morgan fingerprint density at radius 3 is 2.82 bits per heavy atom. The molecule has 2 aliphatic rings. The fourth-order valence-corrected chi connectivity index (χ4v) is 4.11. The number of hydrogen-bond donors (Lipinski definition) is 1. The van der Waals surface area contributed by atoms with Crippen LogP contribution in [0.3, 0.4) is 0 Å². The number of carbonyl (C=O) groups excluding carboxylic acids is 1. The quantitative estimate of drug-likeness (QED) is 0.702. The number of hydrogen-bond acceptors (Lipinski definition) is 3. The molecule has 1 aromatic heterocycles. The first kappa shape index (κ1) is 19.5. The molecule has 28 heavy (non-hydrogen) atoms. The molecule has 0 spiro atoms. The minimum atomic E-state index is -3.11. The van der Waals surface area contributed by atoms with Crippen molar-refractivity contribution in [3.05, 3.63) is 50.8 Å². The van der Waals surface area contributed by atoms with Gasteiger partial charge in [-0.1, -0.05) is 23.2 Å². The van der Waals surface area contributed by atoms with E-state index < -0.39 is 18.4 Å². The Bertz CT molecular complexity index is 1020. The molecule has 148 valence electrons. The maximum atomic E-state index is 14.8. The molecule has 0 saturated carbocycles. The molecule has 1 atom stereocenters. The highest BCUT2D eigenvalue weighted by atomic mass is 35.5. The highest BCUT2D eigenvalue weighted by molar-refractivity contribution is 6.42. The van der Waals surface area contributed by atoms with E-state index >= 15 is 0 Å². The number of rotatable bonds is 1. The third kappa shape index (κ3) is 3.25. The molecule has 0 unspecified atom stereocenters. The number of aromatic nitrogens is 2. The molecule has 1 aromatic carbocycles. The first-order valence-electron chi connectivity index (χ1n) is 8.91. The number of nitrogens with zero attached hydrogens (tertiary/aromatic N) is 3. The van der Waals surface area contributed by atoms with Gasteiger partial charge in [-0.05, 0) is 24.6 Å². The minimum Gasteiger partial charge on any atom is -0.391 e. The lowest BCUT2D eigenvalue weighted by molar-refractivity contribution is -0.449. The largest absolute Gasteiger partial charge is 0.419 e. The van der Waals surface area contributed by atoms with Gasteiger partial charge in [0.15, 0.2) is 12.3 Å². The van der Waals surface area contributed by atoms with Crippen LogP contribution < -0.4 is 0 Å². The van der Waals surface area contributed by atoms with Crippen molar-refractivity contribution in [1.82, 2.24) is 9.78 Å². The van der Waals surface area contributed by atoms with Gasteiger partial charge >= 0.3 is 5.91 Å². The molecule has 3 heterocycles. The van der Waals surface area contributed by atoms with E-state index in [1.165, 1.54) is 21.4 Å². The van der Waals surface area contributed by atoms with Crippen molar-refractivity contribution in [2.75, 3.05) is 0 Å². The van der Waals surface area contributed by atoms with Crippen molar-refractivity contribution in [2.45, 2.75) is 51.3 Å². The Morgan fingerprint density at radius 2 is 2.11 bits per heavy atom. The molecule has 1 N–H and O–H groups in total. The van der Waals surface area contributed by atoms with E-state index in [0.29, 0.717) is 27.6 Å². The predicted octanol–water partition coefficient (Wildman–Crippen LogP) is 3.81. The molecule has 4 rings (SSSR count). The summed E-state index contributed by atoms with van der Waals surface area (Å²) in [5, 5.41) is 14.8. The number of fused-ring (bicyclic) bond motifs is 3. The second-order valence-electron chi connectivity index (χ2n) is 7.29. The van der Waals surface area contributed by atoms with Gasteiger partial charge in [0, 0.05) is 13.3 Å². The number of aliphatic hydroxyl groups is 1. The van der Waals surface area contributed by atoms with Crippen molar-refractivity contribution in [3.63, 3.8) is 0 Å². The van der Waals surface area contributed by atoms with Gasteiger partial charge in [0.05, 0.1) is 45.9 Å². The zero-order chi connectivity index (χ0) is 20.2. The molecule has 5 nitrogen and oxygen atoms in total. The van der Waals surface area contributed by atoms with E-state index in [0.717, 1.165) is 0 Å². The van der Waals surface area contributed by atoms with E-state index in [2.05, 4.69) is 5.10 Å². The van der Waals surface area contributed by atoms with Crippen molar-refractivity contribution in [1.29, 1.82) is 0 Å². The van der Waals surface area contributed by atoms with Gasteiger partial charge in [0.2, 0.25) is 0 Å². The second-order valence-corrected chi connectivity index (χ2v) is 8.10. The molecular formula is C19H18Cl2F2N3O2+. The maximum absolute atomic E-state index is 14.8. The first-order valence-corrected chi connectivity index (χ1v) is 9.67. The van der Waals surface area contributed by atoms with Crippen molar-refractivity contribution >= 4 is 34.8 Å². The van der Waals surface area contributed by atoms with Crippen LogP contribution in [0.5, 0.6) is 0 Å². The smallest absolute Gasteiger partial charge is 0.391 e. The topological polar surface area (TPSA) is 58.1 Å². The average molecular weight is 429 g/mol. The summed E-state index contributed by atoms with van der Waals surface area (Å²) in [5.74, 6) is -3.44. The van der Waals surface area contributed by atoms with Gasteiger partial charge < -0.3 is 5.11 Å². The molecule has 0 aliphatic carbocycles. The average Bonchev–Trinajstić information content (AvgIpc) is 2.93. The van der Waals surface area contributed by atoms with Crippen LogP contribution in [0.4, 0.5) is 8.78 Å². The van der Waals surface area contributed by atoms with Crippen molar-refractivity contribution < 1.29 is 23.3 Å². The third-order valence-electron chi connectivity index (χ3n) is 5.27. The summed E-state index contributed by atoms with van der Waals surface area (Å²) >= 11 is 11.9. The number of carbonyl (C=O) groups is 1. The molecular weight excluding hydrogens is 411 g/mol. The van der Waals surface area contributed by atoms with Crippen LogP contribution >= 0.6 is 23.2 Å². The van der Waals surface area contributed by atoms with Crippen LogP contribution in [0.25, 0.3) is 0 Å². The fourth-order valence-electron chi connectivity index (χ4n) is 3.82. The predicted molar refractivity (Wildman–Crippen MR) is 101 cm³/mol. The Hall–Kier alpha value is -1.83. The summed E-state index contributed by atoms with van der Waals surface area (Å²) in [6, 6.07) is 4.56. The number of alkyl halides is 2. The van der Waals surface area contributed by atoms with Crippen molar-refractivity contribution in [3.8, 4) is 0 Å². The van der Waals surface area contributed by atoms with Gasteiger partial charge in [-0.3, -0.25) is 4.68 Å². The summed E-state index contributed by atoms with van der Waals surface area (Å²) in [5.41, 5.74) is 1.73. The number of benzene rings is 1. The van der Waals surface area contributed by atoms with Crippen molar-refractivity contribution in [2.24, 2.45) is 0 Å². The Kier molecular flexibility index (Phi) is 4.80. The highest BCUT2D eigenvalue weighted by Gasteiger charge is 2.45. The molecule has 9 heteroatoms. The molecule has 0 fully saturated rings. The van der Waals surface area contributed by atoms with Crippen LogP contribution in [0, 0.1) is 0 Å². The Balaban J connectivity index is 1.74. The summed E-state index contributed by atoms with van der Waals surface area (Å²) in [4.78, 5) is 13.0. The number of aliphatic hydroxyl groups excluding tert-OH is 1. The molecule has 0 radical (unpaired) electrons. The zero-order valence-electron chi connectivity index (χ0n) is 15.1. The van der Waals surface area contributed by atoms with E-state index in [9.17, 15) is 18.7 Å². The molecule has 2 aromatic rings. The Morgan fingerprint density at radius 1 is 1.36 bits per heavy atom. The van der Waals surface area contributed by atoms with Gasteiger partial charge in [0.25, 0.3) is 5.92 Å². The van der Waals surface area contributed by atoms with Gasteiger partial charge in [0.1, 0.15) is 5.69 Å². The van der Waals surface area contributed by atoms with E-state index in [-0.39, 0.29) is 42.6 Å². The summed E-state index contributed by atoms with van der Waals surface area (Å²) in [6.07, 6.45) is -1.03. The summed E-state index contributed by atoms with van der Waals surface area (Å²) in [6.45, 7) is 1.80. The molecule has 0 bridgehead atoms. The lowest BCUT2D eigenvalue weighted by atomic mass is 9.98. The summed E-state index contributed by atoms with van der Waals surface area (Å²) < 4.78 is 32.3. The lowest BCUT2D eigenvalue weighted by Crippen LogP contribution is -2.32. The second kappa shape index (κ2) is 6.90. The monoisotopic (exact) mass is 428 g/mol. The fraction of sp³-hybridized carbons (Fsp3) is 0.421.